The molecule has 0 fully saturated rings. The Morgan fingerprint density at radius 1 is 1.38 bits per heavy atom. The maximum atomic E-state index is 4.34. The number of nitrogens with zero attached hydrogens (tertiary/aromatic N) is 2. The van der Waals surface area contributed by atoms with Crippen LogP contribution in [0, 0.1) is 5.41 Å². The molecule has 4 heteroatoms. The summed E-state index contributed by atoms with van der Waals surface area (Å²) in [4.78, 5) is 4.34. The van der Waals surface area contributed by atoms with Crippen molar-refractivity contribution in [2.75, 3.05) is 13.6 Å². The molecule has 1 unspecified atom stereocenters. The summed E-state index contributed by atoms with van der Waals surface area (Å²) in [5.74, 6) is 0. The molecule has 0 bridgehead atoms. The lowest BCUT2D eigenvalue weighted by Crippen LogP contribution is -2.34. The molecule has 2 N–H and O–H groups in total. The SMILES string of the molecule is C=CN=C(C(=C)NCC1(C)C=CC=C(C)CC1)/C(=N/NC)C(=C)C. The highest BCUT2D eigenvalue weighted by Crippen LogP contribution is 2.29. The van der Waals surface area contributed by atoms with Crippen LogP contribution in [0.15, 0.2) is 71.1 Å². The predicted octanol–water partition coefficient (Wildman–Crippen LogP) is 4.13. The first-order valence-corrected chi connectivity index (χ1v) is 8.20. The summed E-state index contributed by atoms with van der Waals surface area (Å²) in [6.07, 6.45) is 10.3. The monoisotopic (exact) mass is 326 g/mol. The zero-order chi connectivity index (χ0) is 18.2. The molecule has 0 saturated heterocycles. The fourth-order valence-electron chi connectivity index (χ4n) is 2.47. The molecule has 0 spiro atoms. The molecule has 1 rings (SSSR count). The Morgan fingerprint density at radius 3 is 2.67 bits per heavy atom. The third kappa shape index (κ3) is 5.69. The van der Waals surface area contributed by atoms with E-state index in [2.05, 4.69) is 72.6 Å². The first-order chi connectivity index (χ1) is 11.3. The van der Waals surface area contributed by atoms with Crippen LogP contribution < -0.4 is 10.7 Å². The second-order valence-corrected chi connectivity index (χ2v) is 6.48. The normalized spacial score (nSPS) is 21.6. The summed E-state index contributed by atoms with van der Waals surface area (Å²) in [6.45, 7) is 18.9. The van der Waals surface area contributed by atoms with Gasteiger partial charge in [0.05, 0.1) is 5.70 Å². The summed E-state index contributed by atoms with van der Waals surface area (Å²) < 4.78 is 0. The van der Waals surface area contributed by atoms with Crippen molar-refractivity contribution in [2.24, 2.45) is 15.5 Å². The molecule has 24 heavy (non-hydrogen) atoms. The van der Waals surface area contributed by atoms with E-state index in [9.17, 15) is 0 Å². The Labute approximate surface area is 146 Å². The summed E-state index contributed by atoms with van der Waals surface area (Å²) in [5, 5.41) is 7.68. The van der Waals surface area contributed by atoms with Gasteiger partial charge in [-0.2, -0.15) is 5.10 Å². The van der Waals surface area contributed by atoms with E-state index in [4.69, 9.17) is 0 Å². The van der Waals surface area contributed by atoms with Crippen molar-refractivity contribution in [1.82, 2.24) is 10.7 Å². The quantitative estimate of drug-likeness (QED) is 0.520. The fourth-order valence-corrected chi connectivity index (χ4v) is 2.47. The number of hydrogen-bond acceptors (Lipinski definition) is 4. The van der Waals surface area contributed by atoms with Gasteiger partial charge in [0.1, 0.15) is 11.4 Å². The van der Waals surface area contributed by atoms with Crippen LogP contribution in [0.25, 0.3) is 0 Å². The minimum absolute atomic E-state index is 0.0695. The van der Waals surface area contributed by atoms with Crippen molar-refractivity contribution in [3.8, 4) is 0 Å². The van der Waals surface area contributed by atoms with E-state index in [1.165, 1.54) is 11.8 Å². The van der Waals surface area contributed by atoms with Crippen LogP contribution in [0.2, 0.25) is 0 Å². The van der Waals surface area contributed by atoms with Crippen LogP contribution >= 0.6 is 0 Å². The molecule has 0 saturated carbocycles. The number of nitrogens with one attached hydrogen (secondary N) is 2. The minimum atomic E-state index is 0.0695. The number of rotatable bonds is 8. The van der Waals surface area contributed by atoms with E-state index in [0.717, 1.165) is 30.7 Å². The molecule has 0 aromatic rings. The number of hydrogen-bond donors (Lipinski definition) is 2. The Morgan fingerprint density at radius 2 is 2.08 bits per heavy atom. The average molecular weight is 326 g/mol. The Kier molecular flexibility index (Phi) is 7.43. The van der Waals surface area contributed by atoms with Gasteiger partial charge in [-0.25, -0.2) is 0 Å². The van der Waals surface area contributed by atoms with Crippen molar-refractivity contribution in [3.05, 3.63) is 61.0 Å². The molecule has 1 aliphatic rings. The molecular formula is C20H30N4. The van der Waals surface area contributed by atoms with Crippen molar-refractivity contribution in [2.45, 2.75) is 33.6 Å². The average Bonchev–Trinajstić information content (AvgIpc) is 2.70. The maximum absolute atomic E-state index is 4.34. The van der Waals surface area contributed by atoms with Gasteiger partial charge in [0.25, 0.3) is 0 Å². The van der Waals surface area contributed by atoms with Gasteiger partial charge < -0.3 is 10.7 Å². The van der Waals surface area contributed by atoms with Crippen molar-refractivity contribution < 1.29 is 0 Å². The van der Waals surface area contributed by atoms with Gasteiger partial charge >= 0.3 is 0 Å². The minimum Gasteiger partial charge on any atom is -0.383 e. The van der Waals surface area contributed by atoms with Gasteiger partial charge in [0, 0.05) is 25.2 Å². The van der Waals surface area contributed by atoms with Crippen LogP contribution in [0.1, 0.15) is 33.6 Å². The molecular weight excluding hydrogens is 296 g/mol. The summed E-state index contributed by atoms with van der Waals surface area (Å²) in [7, 11) is 1.75. The van der Waals surface area contributed by atoms with Gasteiger partial charge in [0.2, 0.25) is 0 Å². The number of aliphatic imine (C=N–C) groups is 1. The summed E-state index contributed by atoms with van der Waals surface area (Å²) in [5.41, 5.74) is 7.14. The molecule has 0 aliphatic heterocycles. The van der Waals surface area contributed by atoms with E-state index < -0.39 is 0 Å². The molecule has 0 heterocycles. The van der Waals surface area contributed by atoms with Crippen LogP contribution in [-0.2, 0) is 0 Å². The molecule has 1 atom stereocenters. The maximum Gasteiger partial charge on any atom is 0.113 e. The third-order valence-corrected chi connectivity index (χ3v) is 4.03. The second kappa shape index (κ2) is 9.06. The van der Waals surface area contributed by atoms with Gasteiger partial charge in [-0.05, 0) is 32.3 Å². The molecule has 0 aromatic heterocycles. The molecule has 4 nitrogen and oxygen atoms in total. The third-order valence-electron chi connectivity index (χ3n) is 4.03. The lowest BCUT2D eigenvalue weighted by molar-refractivity contribution is 0.382. The van der Waals surface area contributed by atoms with Crippen LogP contribution in [0.4, 0.5) is 0 Å². The second-order valence-electron chi connectivity index (χ2n) is 6.48. The molecule has 130 valence electrons. The Hall–Kier alpha value is -2.36. The summed E-state index contributed by atoms with van der Waals surface area (Å²) >= 11 is 0. The first kappa shape index (κ1) is 19.7. The van der Waals surface area contributed by atoms with Gasteiger partial charge in [-0.15, -0.1) is 0 Å². The highest BCUT2D eigenvalue weighted by atomic mass is 15.3. The van der Waals surface area contributed by atoms with E-state index >= 15 is 0 Å². The predicted molar refractivity (Wildman–Crippen MR) is 106 cm³/mol. The highest BCUT2D eigenvalue weighted by molar-refractivity contribution is 6.53. The highest BCUT2D eigenvalue weighted by Gasteiger charge is 2.23. The zero-order valence-corrected chi connectivity index (χ0v) is 15.4. The van der Waals surface area contributed by atoms with Gasteiger partial charge in [0.15, 0.2) is 0 Å². The van der Waals surface area contributed by atoms with Gasteiger partial charge in [-0.1, -0.05) is 50.5 Å². The molecule has 0 amide bonds. The standard InChI is InChI=1S/C20H30N4/c1-8-22-19(18(15(2)3)24-21-7)17(5)23-14-20(6)12-9-10-16(4)11-13-20/h8-10,12,21,23H,1-2,5,11,13-14H2,3-4,6-7H3/b22-19?,24-18+. The van der Waals surface area contributed by atoms with E-state index in [1.54, 1.807) is 7.05 Å². The van der Waals surface area contributed by atoms with E-state index in [-0.39, 0.29) is 5.41 Å². The van der Waals surface area contributed by atoms with Crippen molar-refractivity contribution in [3.63, 3.8) is 0 Å². The van der Waals surface area contributed by atoms with Gasteiger partial charge in [-0.3, -0.25) is 4.99 Å². The summed E-state index contributed by atoms with van der Waals surface area (Å²) in [6, 6.07) is 0. The lowest BCUT2D eigenvalue weighted by Gasteiger charge is -2.27. The Bertz CT molecular complexity index is 620. The van der Waals surface area contributed by atoms with E-state index in [0.29, 0.717) is 11.4 Å². The molecule has 0 aromatic carbocycles. The van der Waals surface area contributed by atoms with Crippen LogP contribution in [0.3, 0.4) is 0 Å². The molecule has 0 radical (unpaired) electrons. The Balaban J connectivity index is 2.87. The molecule has 1 aliphatic carbocycles. The van der Waals surface area contributed by atoms with Crippen LogP contribution in [0.5, 0.6) is 0 Å². The number of allylic oxidation sites excluding steroid dienone is 5. The topological polar surface area (TPSA) is 48.8 Å². The lowest BCUT2D eigenvalue weighted by atomic mass is 9.85. The van der Waals surface area contributed by atoms with Crippen LogP contribution in [-0.4, -0.2) is 25.0 Å². The zero-order valence-electron chi connectivity index (χ0n) is 15.4. The van der Waals surface area contributed by atoms with Crippen molar-refractivity contribution in [1.29, 1.82) is 0 Å². The largest absolute Gasteiger partial charge is 0.383 e. The van der Waals surface area contributed by atoms with Crippen molar-refractivity contribution >= 4 is 11.4 Å². The first-order valence-electron chi connectivity index (χ1n) is 8.20. The smallest absolute Gasteiger partial charge is 0.113 e. The fraction of sp³-hybridized carbons (Fsp3) is 0.400. The number of hydrazone groups is 1. The van der Waals surface area contributed by atoms with E-state index in [1.807, 2.05) is 6.92 Å².